The van der Waals surface area contributed by atoms with Gasteiger partial charge >= 0.3 is 0 Å². The first kappa shape index (κ1) is 20.2. The number of hydrogen-bond donors (Lipinski definition) is 2. The van der Waals surface area contributed by atoms with E-state index in [9.17, 15) is 9.59 Å². The maximum atomic E-state index is 12.9. The van der Waals surface area contributed by atoms with Crippen LogP contribution in [-0.4, -0.2) is 21.8 Å². The van der Waals surface area contributed by atoms with Crippen LogP contribution in [0.5, 0.6) is 0 Å². The number of amides is 2. The summed E-state index contributed by atoms with van der Waals surface area (Å²) in [5.74, 6) is -0.191. The predicted octanol–water partition coefficient (Wildman–Crippen LogP) is 4.61. The van der Waals surface area contributed by atoms with Gasteiger partial charge in [-0.15, -0.1) is 11.3 Å². The average molecular weight is 417 g/mol. The fourth-order valence-electron chi connectivity index (χ4n) is 2.87. The lowest BCUT2D eigenvalue weighted by atomic mass is 9.95. The monoisotopic (exact) mass is 416 g/mol. The van der Waals surface area contributed by atoms with Crippen molar-refractivity contribution < 1.29 is 9.59 Å². The maximum Gasteiger partial charge on any atom is 0.266 e. The Morgan fingerprint density at radius 1 is 1.18 bits per heavy atom. The number of nitrogens with one attached hydrogen (secondary N) is 1. The van der Waals surface area contributed by atoms with Crippen LogP contribution in [0.25, 0.3) is 10.2 Å². The number of nitrogens with two attached hydrogens (primary N) is 1. The number of thiophene rings is 1. The topological polar surface area (TPSA) is 98.0 Å². The lowest BCUT2D eigenvalue weighted by Crippen LogP contribution is -2.16. The Bertz CT molecular complexity index is 1120. The lowest BCUT2D eigenvalue weighted by Gasteiger charge is -2.16. The molecule has 3 aromatic rings. The summed E-state index contributed by atoms with van der Waals surface area (Å²) in [5.41, 5.74) is 7.41. The Balaban J connectivity index is 2.01. The quantitative estimate of drug-likeness (QED) is 0.651. The molecular weight excluding hydrogens is 396 g/mol. The van der Waals surface area contributed by atoms with Crippen molar-refractivity contribution in [3.8, 4) is 0 Å². The first-order valence-electron chi connectivity index (χ1n) is 8.68. The highest BCUT2D eigenvalue weighted by Gasteiger charge is 2.23. The summed E-state index contributed by atoms with van der Waals surface area (Å²) >= 11 is 7.29. The summed E-state index contributed by atoms with van der Waals surface area (Å²) in [6.45, 7) is 9.98. The van der Waals surface area contributed by atoms with Gasteiger partial charge in [0, 0.05) is 16.5 Å². The predicted molar refractivity (Wildman–Crippen MR) is 114 cm³/mol. The number of carbonyl (C=O) groups excluding carboxylic acids is 2. The van der Waals surface area contributed by atoms with Crippen LogP contribution < -0.4 is 11.1 Å². The van der Waals surface area contributed by atoms with E-state index in [-0.39, 0.29) is 21.9 Å². The molecule has 0 radical (unpaired) electrons. The Labute approximate surface area is 172 Å². The number of hydrogen-bond acceptors (Lipinski definition) is 5. The molecule has 2 aromatic heterocycles. The van der Waals surface area contributed by atoms with Crippen LogP contribution in [0.2, 0.25) is 5.02 Å². The van der Waals surface area contributed by atoms with E-state index in [0.717, 1.165) is 27.3 Å². The summed E-state index contributed by atoms with van der Waals surface area (Å²) in [4.78, 5) is 35.0. The summed E-state index contributed by atoms with van der Waals surface area (Å²) in [7, 11) is 0. The fourth-order valence-corrected chi connectivity index (χ4v) is 4.21. The number of aromatic nitrogens is 2. The van der Waals surface area contributed by atoms with Crippen molar-refractivity contribution in [2.24, 2.45) is 5.73 Å². The molecule has 0 unspecified atom stereocenters. The van der Waals surface area contributed by atoms with Crippen molar-refractivity contribution in [1.29, 1.82) is 0 Å². The van der Waals surface area contributed by atoms with Crippen LogP contribution in [-0.2, 0) is 5.41 Å². The molecule has 0 aliphatic heterocycles. The minimum Gasteiger partial charge on any atom is -0.366 e. The summed E-state index contributed by atoms with van der Waals surface area (Å²) < 4.78 is 0. The molecule has 0 spiro atoms. The number of halogens is 1. The molecule has 0 fully saturated rings. The number of carbonyl (C=O) groups is 2. The van der Waals surface area contributed by atoms with Crippen LogP contribution in [0.3, 0.4) is 0 Å². The van der Waals surface area contributed by atoms with E-state index in [1.54, 1.807) is 6.07 Å². The molecule has 0 aliphatic rings. The third kappa shape index (κ3) is 3.72. The van der Waals surface area contributed by atoms with Gasteiger partial charge in [-0.25, -0.2) is 9.97 Å². The van der Waals surface area contributed by atoms with Gasteiger partial charge in [0.2, 0.25) is 5.91 Å². The summed E-state index contributed by atoms with van der Waals surface area (Å²) in [6, 6.07) is 4.62. The molecule has 0 saturated carbocycles. The molecule has 1 aromatic carbocycles. The fraction of sp³-hybridized carbons (Fsp3) is 0.300. The van der Waals surface area contributed by atoms with Gasteiger partial charge < -0.3 is 11.1 Å². The SMILES string of the molecule is Cc1nc(C(C)(C)C)nc2sc(C(=O)Nc3ccc(Cl)c(C(N)=O)c3)c(C)c12. The second-order valence-electron chi connectivity index (χ2n) is 7.63. The molecule has 0 bridgehead atoms. The van der Waals surface area contributed by atoms with Gasteiger partial charge in [-0.05, 0) is 37.6 Å². The van der Waals surface area contributed by atoms with Gasteiger partial charge in [-0.2, -0.15) is 0 Å². The van der Waals surface area contributed by atoms with Gasteiger partial charge in [0.05, 0.1) is 21.2 Å². The minimum atomic E-state index is -0.653. The summed E-state index contributed by atoms with van der Waals surface area (Å²) in [6.07, 6.45) is 0. The van der Waals surface area contributed by atoms with Crippen LogP contribution in [0.4, 0.5) is 5.69 Å². The highest BCUT2D eigenvalue weighted by molar-refractivity contribution is 7.20. The zero-order chi connectivity index (χ0) is 20.8. The highest BCUT2D eigenvalue weighted by Crippen LogP contribution is 2.33. The van der Waals surface area contributed by atoms with E-state index in [1.807, 2.05) is 13.8 Å². The Kier molecular flexibility index (Phi) is 5.16. The number of primary amides is 1. The van der Waals surface area contributed by atoms with Crippen molar-refractivity contribution >= 4 is 50.7 Å². The van der Waals surface area contributed by atoms with E-state index >= 15 is 0 Å². The summed E-state index contributed by atoms with van der Waals surface area (Å²) in [5, 5.41) is 3.94. The Morgan fingerprint density at radius 2 is 1.86 bits per heavy atom. The zero-order valence-corrected chi connectivity index (χ0v) is 17.9. The van der Waals surface area contributed by atoms with Gasteiger partial charge in [0.25, 0.3) is 5.91 Å². The van der Waals surface area contributed by atoms with Crippen LogP contribution >= 0.6 is 22.9 Å². The second kappa shape index (κ2) is 7.14. The first-order chi connectivity index (χ1) is 13.0. The molecule has 146 valence electrons. The van der Waals surface area contributed by atoms with E-state index in [0.29, 0.717) is 10.6 Å². The van der Waals surface area contributed by atoms with E-state index in [1.165, 1.54) is 23.5 Å². The number of aryl methyl sites for hydroxylation is 2. The molecule has 3 N–H and O–H groups in total. The Hall–Kier alpha value is -2.51. The van der Waals surface area contributed by atoms with Gasteiger partial charge in [0.15, 0.2) is 0 Å². The number of anilines is 1. The van der Waals surface area contributed by atoms with Crippen LogP contribution in [0, 0.1) is 13.8 Å². The van der Waals surface area contributed by atoms with Crippen molar-refractivity contribution in [3.63, 3.8) is 0 Å². The maximum absolute atomic E-state index is 12.9. The molecule has 28 heavy (non-hydrogen) atoms. The smallest absolute Gasteiger partial charge is 0.266 e. The molecule has 0 atom stereocenters. The van der Waals surface area contributed by atoms with Crippen LogP contribution in [0.15, 0.2) is 18.2 Å². The molecule has 6 nitrogen and oxygen atoms in total. The second-order valence-corrected chi connectivity index (χ2v) is 9.04. The van der Waals surface area contributed by atoms with Gasteiger partial charge in [-0.3, -0.25) is 9.59 Å². The molecule has 0 aliphatic carbocycles. The third-order valence-electron chi connectivity index (χ3n) is 4.34. The number of fused-ring (bicyclic) bond motifs is 1. The van der Waals surface area contributed by atoms with E-state index < -0.39 is 5.91 Å². The highest BCUT2D eigenvalue weighted by atomic mass is 35.5. The molecule has 0 saturated heterocycles. The van der Waals surface area contributed by atoms with Gasteiger partial charge in [-0.1, -0.05) is 32.4 Å². The minimum absolute atomic E-state index is 0.157. The Morgan fingerprint density at radius 3 is 2.46 bits per heavy atom. The lowest BCUT2D eigenvalue weighted by molar-refractivity contribution is 0.0996. The van der Waals surface area contributed by atoms with Crippen molar-refractivity contribution in [1.82, 2.24) is 9.97 Å². The number of nitrogens with zero attached hydrogens (tertiary/aromatic N) is 2. The standard InChI is InChI=1S/C20H21ClN4O2S/c1-9-14-10(2)23-19(20(3,4)5)25-18(14)28-15(9)17(27)24-11-6-7-13(21)12(8-11)16(22)26/h6-8H,1-5H3,(H2,22,26)(H,24,27). The van der Waals surface area contributed by atoms with Crippen molar-refractivity contribution in [2.75, 3.05) is 5.32 Å². The number of rotatable bonds is 3. The zero-order valence-electron chi connectivity index (χ0n) is 16.3. The first-order valence-corrected chi connectivity index (χ1v) is 9.87. The molecule has 2 amide bonds. The number of benzene rings is 1. The molecule has 3 rings (SSSR count). The van der Waals surface area contributed by atoms with E-state index in [4.69, 9.17) is 17.3 Å². The van der Waals surface area contributed by atoms with Crippen LogP contribution in [0.1, 0.15) is 57.9 Å². The normalized spacial score (nSPS) is 11.6. The molecule has 8 heteroatoms. The molecule has 2 heterocycles. The van der Waals surface area contributed by atoms with Crippen molar-refractivity contribution in [3.05, 3.63) is 50.7 Å². The van der Waals surface area contributed by atoms with E-state index in [2.05, 4.69) is 36.1 Å². The average Bonchev–Trinajstić information content (AvgIpc) is 2.93. The van der Waals surface area contributed by atoms with Crippen molar-refractivity contribution in [2.45, 2.75) is 40.0 Å². The molecular formula is C20H21ClN4O2S. The largest absolute Gasteiger partial charge is 0.366 e. The third-order valence-corrected chi connectivity index (χ3v) is 5.85. The van der Waals surface area contributed by atoms with Gasteiger partial charge in [0.1, 0.15) is 10.7 Å².